The summed E-state index contributed by atoms with van der Waals surface area (Å²) in [4.78, 5) is 30.6. The van der Waals surface area contributed by atoms with Gasteiger partial charge in [-0.2, -0.15) is 0 Å². The van der Waals surface area contributed by atoms with Gasteiger partial charge in [-0.25, -0.2) is 19.6 Å². The number of hydrogen-bond acceptors (Lipinski definition) is 8. The van der Waals surface area contributed by atoms with E-state index >= 15 is 0 Å². The van der Waals surface area contributed by atoms with Crippen LogP contribution in [0.1, 0.15) is 65.1 Å². The third-order valence-corrected chi connectivity index (χ3v) is 4.81. The van der Waals surface area contributed by atoms with Crippen molar-refractivity contribution in [3.63, 3.8) is 0 Å². The van der Waals surface area contributed by atoms with E-state index in [-0.39, 0.29) is 16.8 Å². The lowest BCUT2D eigenvalue weighted by Crippen LogP contribution is -2.21. The predicted molar refractivity (Wildman–Crippen MR) is 125 cm³/mol. The van der Waals surface area contributed by atoms with Gasteiger partial charge in [-0.3, -0.25) is 0 Å². The summed E-state index contributed by atoms with van der Waals surface area (Å²) in [5, 5.41) is 12.6. The Morgan fingerprint density at radius 1 is 1.27 bits per heavy atom. The Bertz CT molecular complexity index is 979. The molecule has 2 N–H and O–H groups in total. The molecule has 2 aromatic heterocycles. The molecule has 1 saturated heterocycles. The SMILES string of the molecule is C=Cc1cc(C(=O)OC)cc(Cl)n1.CC[C@H](C)Nc1cc(C(=O)O)cc(C2OCCCO2)n1. The molecule has 1 aliphatic heterocycles. The number of aromatic nitrogens is 2. The summed E-state index contributed by atoms with van der Waals surface area (Å²) in [5.41, 5.74) is 1.60. The highest BCUT2D eigenvalue weighted by Crippen LogP contribution is 2.24. The molecular formula is C23H28ClN3O6. The number of esters is 1. The smallest absolute Gasteiger partial charge is 0.338 e. The summed E-state index contributed by atoms with van der Waals surface area (Å²) in [5.74, 6) is -0.893. The van der Waals surface area contributed by atoms with Crippen molar-refractivity contribution in [2.75, 3.05) is 25.6 Å². The number of halogens is 1. The van der Waals surface area contributed by atoms with Crippen LogP contribution in [-0.2, 0) is 14.2 Å². The molecule has 1 aliphatic rings. The maximum absolute atomic E-state index is 11.2. The number of carboxylic acids is 1. The number of aromatic carboxylic acids is 1. The summed E-state index contributed by atoms with van der Waals surface area (Å²) in [6, 6.07) is 6.25. The van der Waals surface area contributed by atoms with Crippen LogP contribution >= 0.6 is 11.6 Å². The minimum absolute atomic E-state index is 0.179. The normalized spacial score (nSPS) is 14.4. The van der Waals surface area contributed by atoms with Gasteiger partial charge in [-0.05, 0) is 50.1 Å². The molecule has 0 amide bonds. The number of hydrogen-bond donors (Lipinski definition) is 2. The molecule has 1 fully saturated rings. The van der Waals surface area contributed by atoms with Crippen LogP contribution in [0.15, 0.2) is 30.8 Å². The van der Waals surface area contributed by atoms with Gasteiger partial charge in [-0.1, -0.05) is 25.1 Å². The monoisotopic (exact) mass is 477 g/mol. The molecule has 2 aromatic rings. The molecule has 0 saturated carbocycles. The van der Waals surface area contributed by atoms with E-state index in [4.69, 9.17) is 21.1 Å². The van der Waals surface area contributed by atoms with Crippen LogP contribution < -0.4 is 5.32 Å². The van der Waals surface area contributed by atoms with Crippen LogP contribution in [0, 0.1) is 0 Å². The van der Waals surface area contributed by atoms with Crippen molar-refractivity contribution < 1.29 is 28.9 Å². The van der Waals surface area contributed by atoms with Crippen molar-refractivity contribution >= 4 is 35.4 Å². The molecule has 0 bridgehead atoms. The predicted octanol–water partition coefficient (Wildman–Crippen LogP) is 4.59. The average Bonchev–Trinajstić information content (AvgIpc) is 2.83. The molecule has 0 aromatic carbocycles. The number of methoxy groups -OCH3 is 1. The van der Waals surface area contributed by atoms with Gasteiger partial charge in [0.25, 0.3) is 0 Å². The number of nitrogens with zero attached hydrogens (tertiary/aromatic N) is 2. The first-order chi connectivity index (χ1) is 15.8. The van der Waals surface area contributed by atoms with Gasteiger partial charge in [0.05, 0.1) is 42.8 Å². The Kier molecular flexibility index (Phi) is 10.2. The van der Waals surface area contributed by atoms with E-state index in [1.807, 2.05) is 13.8 Å². The van der Waals surface area contributed by atoms with Crippen LogP contribution in [-0.4, -0.2) is 53.4 Å². The molecule has 33 heavy (non-hydrogen) atoms. The van der Waals surface area contributed by atoms with Crippen LogP contribution in [0.5, 0.6) is 0 Å². The van der Waals surface area contributed by atoms with Crippen LogP contribution in [0.4, 0.5) is 5.82 Å². The zero-order chi connectivity index (χ0) is 24.4. The summed E-state index contributed by atoms with van der Waals surface area (Å²) < 4.78 is 15.5. The van der Waals surface area contributed by atoms with Crippen molar-refractivity contribution in [3.05, 3.63) is 58.5 Å². The lowest BCUT2D eigenvalue weighted by atomic mass is 10.2. The van der Waals surface area contributed by atoms with Crippen molar-refractivity contribution in [2.45, 2.75) is 39.0 Å². The molecule has 0 aliphatic carbocycles. The molecule has 9 nitrogen and oxygen atoms in total. The third-order valence-electron chi connectivity index (χ3n) is 4.61. The summed E-state index contributed by atoms with van der Waals surface area (Å²) >= 11 is 5.66. The number of carbonyl (C=O) groups is 2. The van der Waals surface area contributed by atoms with Gasteiger partial charge in [0, 0.05) is 6.04 Å². The number of rotatable bonds is 7. The van der Waals surface area contributed by atoms with Gasteiger partial charge in [0.1, 0.15) is 11.0 Å². The Labute approximate surface area is 197 Å². The van der Waals surface area contributed by atoms with Crippen molar-refractivity contribution in [2.24, 2.45) is 0 Å². The van der Waals surface area contributed by atoms with Crippen molar-refractivity contribution in [1.82, 2.24) is 9.97 Å². The second-order valence-corrected chi connectivity index (χ2v) is 7.54. The topological polar surface area (TPSA) is 120 Å². The molecule has 178 valence electrons. The molecule has 0 radical (unpaired) electrons. The van der Waals surface area contributed by atoms with Crippen LogP contribution in [0.2, 0.25) is 5.15 Å². The molecule has 1 atom stereocenters. The molecular weight excluding hydrogens is 450 g/mol. The van der Waals surface area contributed by atoms with Crippen molar-refractivity contribution in [3.8, 4) is 0 Å². The average molecular weight is 478 g/mol. The zero-order valence-corrected chi connectivity index (χ0v) is 19.6. The highest BCUT2D eigenvalue weighted by Gasteiger charge is 2.21. The van der Waals surface area contributed by atoms with E-state index in [1.165, 1.54) is 31.4 Å². The van der Waals surface area contributed by atoms with Crippen LogP contribution in [0.25, 0.3) is 6.08 Å². The van der Waals surface area contributed by atoms with E-state index in [9.17, 15) is 14.7 Å². The van der Waals surface area contributed by atoms with Gasteiger partial charge >= 0.3 is 11.9 Å². The number of ether oxygens (including phenoxy) is 3. The number of carbonyl (C=O) groups excluding carboxylic acids is 1. The number of pyridine rings is 2. The Morgan fingerprint density at radius 2 is 1.97 bits per heavy atom. The Morgan fingerprint density at radius 3 is 2.55 bits per heavy atom. The molecule has 3 heterocycles. The fourth-order valence-electron chi connectivity index (χ4n) is 2.74. The molecule has 3 rings (SSSR count). The highest BCUT2D eigenvalue weighted by atomic mass is 35.5. The lowest BCUT2D eigenvalue weighted by Gasteiger charge is -2.23. The largest absolute Gasteiger partial charge is 0.478 e. The van der Waals surface area contributed by atoms with Crippen molar-refractivity contribution in [1.29, 1.82) is 0 Å². The van der Waals surface area contributed by atoms with E-state index in [0.717, 1.165) is 12.8 Å². The number of anilines is 1. The summed E-state index contributed by atoms with van der Waals surface area (Å²) in [6.45, 7) is 8.78. The summed E-state index contributed by atoms with van der Waals surface area (Å²) in [6.07, 6.45) is 2.69. The minimum Gasteiger partial charge on any atom is -0.478 e. The Balaban J connectivity index is 0.000000257. The maximum atomic E-state index is 11.2. The van der Waals surface area contributed by atoms with Gasteiger partial charge in [0.15, 0.2) is 0 Å². The van der Waals surface area contributed by atoms with Gasteiger partial charge < -0.3 is 24.6 Å². The first-order valence-corrected chi connectivity index (χ1v) is 10.8. The zero-order valence-electron chi connectivity index (χ0n) is 18.8. The van der Waals surface area contributed by atoms with Gasteiger partial charge in [0.2, 0.25) is 6.29 Å². The second-order valence-electron chi connectivity index (χ2n) is 7.15. The highest BCUT2D eigenvalue weighted by molar-refractivity contribution is 6.29. The van der Waals surface area contributed by atoms with E-state index in [2.05, 4.69) is 26.6 Å². The first kappa shape index (κ1) is 26.2. The quantitative estimate of drug-likeness (QED) is 0.435. The number of carboxylic acid groups (broad SMARTS) is 1. The van der Waals surface area contributed by atoms with Crippen LogP contribution in [0.3, 0.4) is 0 Å². The molecule has 0 spiro atoms. The molecule has 0 unspecified atom stereocenters. The summed E-state index contributed by atoms with van der Waals surface area (Å²) in [7, 11) is 1.31. The minimum atomic E-state index is -0.989. The van der Waals surface area contributed by atoms with E-state index < -0.39 is 18.2 Å². The fourth-order valence-corrected chi connectivity index (χ4v) is 2.96. The maximum Gasteiger partial charge on any atom is 0.338 e. The lowest BCUT2D eigenvalue weighted by molar-refractivity contribution is -0.185. The van der Waals surface area contributed by atoms with E-state index in [1.54, 1.807) is 6.07 Å². The van der Waals surface area contributed by atoms with Gasteiger partial charge in [-0.15, -0.1) is 0 Å². The number of nitrogens with one attached hydrogen (secondary N) is 1. The fraction of sp³-hybridized carbons (Fsp3) is 0.391. The second kappa shape index (κ2) is 12.9. The van der Waals surface area contributed by atoms with E-state index in [0.29, 0.717) is 36.0 Å². The first-order valence-electron chi connectivity index (χ1n) is 10.4. The molecule has 10 heteroatoms. The standard InChI is InChI=1S/C14H20N2O4.C9H8ClNO2/c1-3-9(2)15-12-8-10(13(17)18)7-11(16-12)14-19-5-4-6-20-14;1-3-7-4-6(9(12)13-2)5-8(10)11-7/h7-9,14H,3-6H2,1-2H3,(H,15,16)(H,17,18);3-5H,1H2,2H3/t9-;/m0./s1. The Hall–Kier alpha value is -3.01. The third kappa shape index (κ3) is 8.12.